The average molecular weight is 230 g/mol. The number of nitrogens with one attached hydrogen (secondary N) is 1. The third kappa shape index (κ3) is 4.80. The molecule has 0 radical (unpaired) electrons. The van der Waals surface area contributed by atoms with Crippen molar-refractivity contribution in [2.24, 2.45) is 5.92 Å². The molecule has 0 heterocycles. The molecule has 4 heteroatoms. The number of methoxy groups -OCH3 is 1. The van der Waals surface area contributed by atoms with Crippen molar-refractivity contribution < 1.29 is 4.74 Å². The van der Waals surface area contributed by atoms with Gasteiger partial charge in [0.15, 0.2) is 5.11 Å². The van der Waals surface area contributed by atoms with Crippen LogP contribution in [0.25, 0.3) is 0 Å². The smallest absolute Gasteiger partial charge is 0.169 e. The lowest BCUT2D eigenvalue weighted by atomic mass is 10.3. The average Bonchev–Trinajstić information content (AvgIpc) is 2.97. The molecule has 0 bridgehead atoms. The summed E-state index contributed by atoms with van der Waals surface area (Å²) in [6.07, 6.45) is 2.74. The van der Waals surface area contributed by atoms with E-state index in [1.54, 1.807) is 7.11 Å². The Bertz CT molecular complexity index is 207. The molecule has 1 unspecified atom stereocenters. The fourth-order valence-electron chi connectivity index (χ4n) is 1.56. The van der Waals surface area contributed by atoms with Gasteiger partial charge in [-0.1, -0.05) is 0 Å². The zero-order chi connectivity index (χ0) is 11.3. The number of nitrogens with zero attached hydrogens (tertiary/aromatic N) is 1. The molecule has 1 fully saturated rings. The van der Waals surface area contributed by atoms with Crippen molar-refractivity contribution in [2.45, 2.75) is 32.7 Å². The lowest BCUT2D eigenvalue weighted by Crippen LogP contribution is -2.45. The highest BCUT2D eigenvalue weighted by Gasteiger charge is 2.24. The number of hydrogen-bond donors (Lipinski definition) is 1. The summed E-state index contributed by atoms with van der Waals surface area (Å²) in [6, 6.07) is 0.288. The van der Waals surface area contributed by atoms with Gasteiger partial charge in [0.05, 0.1) is 6.61 Å². The lowest BCUT2D eigenvalue weighted by Gasteiger charge is -2.26. The molecular weight excluding hydrogens is 208 g/mol. The Labute approximate surface area is 98.2 Å². The van der Waals surface area contributed by atoms with Gasteiger partial charge in [-0.15, -0.1) is 0 Å². The minimum atomic E-state index is 0.288. The molecule has 88 valence electrons. The Morgan fingerprint density at radius 3 is 2.73 bits per heavy atom. The number of rotatable bonds is 6. The van der Waals surface area contributed by atoms with E-state index < -0.39 is 0 Å². The van der Waals surface area contributed by atoms with Crippen molar-refractivity contribution in [3.8, 4) is 0 Å². The van der Waals surface area contributed by atoms with Crippen LogP contribution in [0, 0.1) is 5.92 Å². The summed E-state index contributed by atoms with van der Waals surface area (Å²) in [5, 5.41) is 4.17. The van der Waals surface area contributed by atoms with Crippen molar-refractivity contribution >= 4 is 17.3 Å². The molecule has 1 rings (SSSR count). The molecule has 0 saturated heterocycles. The summed E-state index contributed by atoms with van der Waals surface area (Å²) in [5.74, 6) is 0.877. The molecule has 1 N–H and O–H groups in total. The molecule has 0 spiro atoms. The highest BCUT2D eigenvalue weighted by atomic mass is 32.1. The van der Waals surface area contributed by atoms with Crippen LogP contribution in [-0.4, -0.2) is 42.9 Å². The minimum Gasteiger partial charge on any atom is -0.383 e. The van der Waals surface area contributed by atoms with E-state index in [0.717, 1.165) is 24.1 Å². The van der Waals surface area contributed by atoms with Crippen LogP contribution in [-0.2, 0) is 4.74 Å². The fourth-order valence-corrected chi connectivity index (χ4v) is 1.97. The van der Waals surface area contributed by atoms with Crippen LogP contribution in [0.3, 0.4) is 0 Å². The molecular formula is C11H22N2OS. The number of ether oxygens (including phenoxy) is 1. The maximum absolute atomic E-state index is 5.37. The molecule has 0 aromatic heterocycles. The van der Waals surface area contributed by atoms with Crippen molar-refractivity contribution in [2.75, 3.05) is 26.8 Å². The van der Waals surface area contributed by atoms with Gasteiger partial charge in [-0.05, 0) is 44.8 Å². The molecule has 1 saturated carbocycles. The van der Waals surface area contributed by atoms with E-state index in [-0.39, 0.29) is 6.04 Å². The van der Waals surface area contributed by atoms with Crippen molar-refractivity contribution in [3.05, 3.63) is 0 Å². The zero-order valence-corrected chi connectivity index (χ0v) is 10.8. The summed E-state index contributed by atoms with van der Waals surface area (Å²) in [4.78, 5) is 2.25. The summed E-state index contributed by atoms with van der Waals surface area (Å²) >= 11 is 5.37. The van der Waals surface area contributed by atoms with Crippen LogP contribution in [0.4, 0.5) is 0 Å². The maximum Gasteiger partial charge on any atom is 0.169 e. The Morgan fingerprint density at radius 1 is 1.60 bits per heavy atom. The molecule has 1 aliphatic carbocycles. The first-order valence-electron chi connectivity index (χ1n) is 5.71. The van der Waals surface area contributed by atoms with E-state index in [4.69, 9.17) is 17.0 Å². The van der Waals surface area contributed by atoms with Gasteiger partial charge in [-0.25, -0.2) is 0 Å². The van der Waals surface area contributed by atoms with Gasteiger partial charge in [-0.3, -0.25) is 0 Å². The van der Waals surface area contributed by atoms with Gasteiger partial charge >= 0.3 is 0 Å². The van der Waals surface area contributed by atoms with Gasteiger partial charge in [0.2, 0.25) is 0 Å². The molecule has 15 heavy (non-hydrogen) atoms. The van der Waals surface area contributed by atoms with Crippen molar-refractivity contribution in [3.63, 3.8) is 0 Å². The van der Waals surface area contributed by atoms with Gasteiger partial charge in [0.25, 0.3) is 0 Å². The molecule has 3 nitrogen and oxygen atoms in total. The largest absolute Gasteiger partial charge is 0.383 e. The SMILES string of the molecule is CCN(CC1CC1)C(=S)NC(C)COC. The molecule has 0 aromatic carbocycles. The van der Waals surface area contributed by atoms with Crippen molar-refractivity contribution in [1.29, 1.82) is 0 Å². The Hall–Kier alpha value is -0.350. The van der Waals surface area contributed by atoms with Crippen LogP contribution in [0.5, 0.6) is 0 Å². The summed E-state index contributed by atoms with van der Waals surface area (Å²) in [5.41, 5.74) is 0. The number of thiocarbonyl (C=S) groups is 1. The van der Waals surface area contributed by atoms with Crippen LogP contribution in [0.15, 0.2) is 0 Å². The van der Waals surface area contributed by atoms with Gasteiger partial charge < -0.3 is 15.0 Å². The molecule has 1 aliphatic rings. The van der Waals surface area contributed by atoms with E-state index in [0.29, 0.717) is 6.61 Å². The summed E-state index contributed by atoms with van der Waals surface area (Å²) < 4.78 is 5.07. The molecule has 0 aliphatic heterocycles. The van der Waals surface area contributed by atoms with E-state index in [2.05, 4.69) is 24.1 Å². The second kappa shape index (κ2) is 6.28. The Kier molecular flexibility index (Phi) is 5.32. The third-order valence-electron chi connectivity index (χ3n) is 2.63. The van der Waals surface area contributed by atoms with E-state index in [1.165, 1.54) is 12.8 Å². The van der Waals surface area contributed by atoms with Crippen LogP contribution < -0.4 is 5.32 Å². The normalized spacial score (nSPS) is 17.3. The van der Waals surface area contributed by atoms with Gasteiger partial charge in [0, 0.05) is 26.2 Å². The van der Waals surface area contributed by atoms with Crippen LogP contribution in [0.2, 0.25) is 0 Å². The van der Waals surface area contributed by atoms with Crippen LogP contribution >= 0.6 is 12.2 Å². The minimum absolute atomic E-state index is 0.288. The Balaban J connectivity index is 2.27. The standard InChI is InChI=1S/C11H22N2OS/c1-4-13(7-10-5-6-10)11(15)12-9(2)8-14-3/h9-10H,4-8H2,1-3H3,(H,12,15). The van der Waals surface area contributed by atoms with E-state index in [1.807, 2.05) is 0 Å². The second-order valence-corrected chi connectivity index (χ2v) is 4.67. The molecule has 0 amide bonds. The first-order chi connectivity index (χ1) is 7.17. The first-order valence-corrected chi connectivity index (χ1v) is 6.12. The van der Waals surface area contributed by atoms with E-state index >= 15 is 0 Å². The third-order valence-corrected chi connectivity index (χ3v) is 3.01. The first kappa shape index (κ1) is 12.7. The van der Waals surface area contributed by atoms with Gasteiger partial charge in [0.1, 0.15) is 0 Å². The predicted octanol–water partition coefficient (Wildman–Crippen LogP) is 1.63. The highest BCUT2D eigenvalue weighted by molar-refractivity contribution is 7.80. The zero-order valence-electron chi connectivity index (χ0n) is 9.95. The Morgan fingerprint density at radius 2 is 2.27 bits per heavy atom. The molecule has 0 aromatic rings. The quantitative estimate of drug-likeness (QED) is 0.701. The molecule has 1 atom stereocenters. The fraction of sp³-hybridized carbons (Fsp3) is 0.909. The van der Waals surface area contributed by atoms with Crippen LogP contribution in [0.1, 0.15) is 26.7 Å². The predicted molar refractivity (Wildman–Crippen MR) is 67.0 cm³/mol. The summed E-state index contributed by atoms with van der Waals surface area (Å²) in [6.45, 7) is 7.03. The van der Waals surface area contributed by atoms with E-state index in [9.17, 15) is 0 Å². The maximum atomic E-state index is 5.37. The van der Waals surface area contributed by atoms with Crippen molar-refractivity contribution in [1.82, 2.24) is 10.2 Å². The number of hydrogen-bond acceptors (Lipinski definition) is 2. The lowest BCUT2D eigenvalue weighted by molar-refractivity contribution is 0.178. The topological polar surface area (TPSA) is 24.5 Å². The monoisotopic (exact) mass is 230 g/mol. The van der Waals surface area contributed by atoms with Gasteiger partial charge in [-0.2, -0.15) is 0 Å². The second-order valence-electron chi connectivity index (χ2n) is 4.29. The summed E-state index contributed by atoms with van der Waals surface area (Å²) in [7, 11) is 1.71. The highest BCUT2D eigenvalue weighted by Crippen LogP contribution is 2.29.